The first-order chi connectivity index (χ1) is 9.13. The zero-order valence-electron chi connectivity index (χ0n) is 10.3. The molecule has 2 aromatic rings. The van der Waals surface area contributed by atoms with Gasteiger partial charge in [-0.25, -0.2) is 14.5 Å². The number of primary amides is 1. The normalized spacial score (nSPS) is 14.8. The molecule has 1 fully saturated rings. The van der Waals surface area contributed by atoms with Gasteiger partial charge in [0.2, 0.25) is 5.95 Å². The summed E-state index contributed by atoms with van der Waals surface area (Å²) in [6.07, 6.45) is 7.11. The van der Waals surface area contributed by atoms with Crippen molar-refractivity contribution in [1.29, 1.82) is 0 Å². The second-order valence-electron chi connectivity index (χ2n) is 4.79. The molecule has 0 unspecified atom stereocenters. The summed E-state index contributed by atoms with van der Waals surface area (Å²) in [7, 11) is 0. The van der Waals surface area contributed by atoms with E-state index in [2.05, 4.69) is 10.1 Å². The van der Waals surface area contributed by atoms with Gasteiger partial charge in [-0.3, -0.25) is 4.57 Å². The van der Waals surface area contributed by atoms with Gasteiger partial charge >= 0.3 is 6.03 Å². The molecule has 7 heteroatoms. The number of carbonyl (C=O) groups is 1. The van der Waals surface area contributed by atoms with Crippen LogP contribution >= 0.6 is 0 Å². The number of aryl methyl sites for hydroxylation is 1. The Hall–Kier alpha value is -2.18. The van der Waals surface area contributed by atoms with Crippen LogP contribution in [0.4, 0.5) is 9.18 Å². The summed E-state index contributed by atoms with van der Waals surface area (Å²) in [6, 6.07) is 0.643. The molecular formula is C12H14FN5O. The Morgan fingerprint density at radius 1 is 1.53 bits per heavy atom. The number of nitrogens with zero attached hydrogens (tertiary/aromatic N) is 4. The minimum Gasteiger partial charge on any atom is -0.351 e. The summed E-state index contributed by atoms with van der Waals surface area (Å²) in [4.78, 5) is 15.7. The fourth-order valence-corrected chi connectivity index (χ4v) is 2.05. The van der Waals surface area contributed by atoms with Gasteiger partial charge in [0.1, 0.15) is 5.82 Å². The predicted molar refractivity (Wildman–Crippen MR) is 65.3 cm³/mol. The van der Waals surface area contributed by atoms with Gasteiger partial charge in [0, 0.05) is 18.7 Å². The highest BCUT2D eigenvalue weighted by molar-refractivity contribution is 5.75. The third kappa shape index (κ3) is 2.49. The van der Waals surface area contributed by atoms with Gasteiger partial charge in [-0.05, 0) is 12.3 Å². The van der Waals surface area contributed by atoms with Crippen LogP contribution in [0.2, 0.25) is 0 Å². The van der Waals surface area contributed by atoms with E-state index in [9.17, 15) is 9.18 Å². The van der Waals surface area contributed by atoms with Crippen LogP contribution in [0.25, 0.3) is 5.82 Å². The van der Waals surface area contributed by atoms with E-state index >= 15 is 0 Å². The van der Waals surface area contributed by atoms with Crippen molar-refractivity contribution < 1.29 is 9.18 Å². The second kappa shape index (κ2) is 4.49. The number of nitrogens with two attached hydrogens (primary N) is 1. The summed E-state index contributed by atoms with van der Waals surface area (Å²) in [5, 5.41) is 3.62. The number of aromatic nitrogens is 4. The van der Waals surface area contributed by atoms with Gasteiger partial charge in [0.15, 0.2) is 5.82 Å². The van der Waals surface area contributed by atoms with Gasteiger partial charge in [0.05, 0.1) is 6.20 Å². The summed E-state index contributed by atoms with van der Waals surface area (Å²) in [5.74, 6) is 1.15. The highest BCUT2D eigenvalue weighted by Crippen LogP contribution is 2.33. The second-order valence-corrected chi connectivity index (χ2v) is 4.79. The molecule has 0 atom stereocenters. The molecule has 1 aliphatic carbocycles. The lowest BCUT2D eigenvalue weighted by Crippen LogP contribution is -2.21. The van der Waals surface area contributed by atoms with Crippen LogP contribution in [0.15, 0.2) is 18.5 Å². The average Bonchev–Trinajstić information content (AvgIpc) is 2.93. The van der Waals surface area contributed by atoms with Gasteiger partial charge < -0.3 is 5.73 Å². The monoisotopic (exact) mass is 263 g/mol. The fraction of sp³-hybridized carbons (Fsp3) is 0.417. The average molecular weight is 263 g/mol. The summed E-state index contributed by atoms with van der Waals surface area (Å²) >= 11 is 0. The van der Waals surface area contributed by atoms with E-state index in [1.807, 2.05) is 0 Å². The Kier molecular flexibility index (Phi) is 2.81. The molecule has 0 aliphatic heterocycles. The standard InChI is InChI=1S/C12H14FN5O/c13-9-5-6-18(16-9)11-7-17(12(14)19)10(15-11)4-3-8-1-2-8/h5-8H,1-4H2,(H2,14,19). The van der Waals surface area contributed by atoms with E-state index < -0.39 is 12.0 Å². The Balaban J connectivity index is 1.88. The van der Waals surface area contributed by atoms with E-state index in [1.165, 1.54) is 40.6 Å². The number of carbonyl (C=O) groups excluding carboxylic acids is 1. The molecule has 0 saturated heterocycles. The zero-order chi connectivity index (χ0) is 13.4. The zero-order valence-corrected chi connectivity index (χ0v) is 10.3. The van der Waals surface area contributed by atoms with Crippen molar-refractivity contribution >= 4 is 6.03 Å². The highest BCUT2D eigenvalue weighted by atomic mass is 19.1. The molecule has 3 rings (SSSR count). The lowest BCUT2D eigenvalue weighted by Gasteiger charge is -2.01. The van der Waals surface area contributed by atoms with E-state index in [0.29, 0.717) is 18.1 Å². The number of amides is 1. The van der Waals surface area contributed by atoms with Crippen molar-refractivity contribution in [3.63, 3.8) is 0 Å². The molecule has 6 nitrogen and oxygen atoms in total. The minimum atomic E-state index is -0.590. The minimum absolute atomic E-state index is 0.397. The molecule has 2 aromatic heterocycles. The van der Waals surface area contributed by atoms with Crippen molar-refractivity contribution in [3.8, 4) is 5.82 Å². The summed E-state index contributed by atoms with van der Waals surface area (Å²) in [5.41, 5.74) is 5.31. The third-order valence-corrected chi connectivity index (χ3v) is 3.27. The quantitative estimate of drug-likeness (QED) is 0.907. The van der Waals surface area contributed by atoms with Gasteiger partial charge in [-0.2, -0.15) is 4.39 Å². The van der Waals surface area contributed by atoms with E-state index in [-0.39, 0.29) is 0 Å². The highest BCUT2D eigenvalue weighted by Gasteiger charge is 2.22. The maximum Gasteiger partial charge on any atom is 0.324 e. The van der Waals surface area contributed by atoms with Gasteiger partial charge in [-0.15, -0.1) is 5.10 Å². The van der Waals surface area contributed by atoms with E-state index in [0.717, 1.165) is 12.3 Å². The third-order valence-electron chi connectivity index (χ3n) is 3.27. The van der Waals surface area contributed by atoms with E-state index in [4.69, 9.17) is 5.73 Å². The summed E-state index contributed by atoms with van der Waals surface area (Å²) < 4.78 is 15.5. The number of hydrogen-bond acceptors (Lipinski definition) is 3. The Labute approximate surface area is 109 Å². The van der Waals surface area contributed by atoms with E-state index in [1.54, 1.807) is 0 Å². The molecule has 0 aromatic carbocycles. The molecule has 1 saturated carbocycles. The maximum atomic E-state index is 12.9. The van der Waals surface area contributed by atoms with Crippen LogP contribution in [-0.2, 0) is 6.42 Å². The molecule has 1 aliphatic rings. The molecule has 1 amide bonds. The first-order valence-corrected chi connectivity index (χ1v) is 6.23. The molecule has 0 radical (unpaired) electrons. The topological polar surface area (TPSA) is 78.7 Å². The van der Waals surface area contributed by atoms with Gasteiger partial charge in [0.25, 0.3) is 0 Å². The van der Waals surface area contributed by atoms with Crippen LogP contribution in [0.1, 0.15) is 25.1 Å². The van der Waals surface area contributed by atoms with Crippen LogP contribution < -0.4 is 5.73 Å². The smallest absolute Gasteiger partial charge is 0.324 e. The van der Waals surface area contributed by atoms with Crippen LogP contribution in [0.3, 0.4) is 0 Å². The number of rotatable bonds is 4. The van der Waals surface area contributed by atoms with Crippen LogP contribution in [0, 0.1) is 11.9 Å². The number of hydrogen-bond donors (Lipinski definition) is 1. The van der Waals surface area contributed by atoms with Crippen molar-refractivity contribution in [2.45, 2.75) is 25.7 Å². The van der Waals surface area contributed by atoms with Crippen molar-refractivity contribution in [1.82, 2.24) is 19.3 Å². The fourth-order valence-electron chi connectivity index (χ4n) is 2.05. The van der Waals surface area contributed by atoms with Crippen molar-refractivity contribution in [2.75, 3.05) is 0 Å². The Morgan fingerprint density at radius 2 is 2.32 bits per heavy atom. The lowest BCUT2D eigenvalue weighted by atomic mass is 10.2. The van der Waals surface area contributed by atoms with Crippen LogP contribution in [-0.4, -0.2) is 25.4 Å². The molecule has 0 bridgehead atoms. The summed E-state index contributed by atoms with van der Waals surface area (Å²) in [6.45, 7) is 0. The maximum absolute atomic E-state index is 12.9. The number of imidazole rings is 1. The molecule has 19 heavy (non-hydrogen) atoms. The molecule has 2 N–H and O–H groups in total. The molecule has 100 valence electrons. The first-order valence-electron chi connectivity index (χ1n) is 6.23. The first kappa shape index (κ1) is 11.9. The number of halogens is 1. The van der Waals surface area contributed by atoms with Crippen molar-refractivity contribution in [2.24, 2.45) is 11.7 Å². The predicted octanol–water partition coefficient (Wildman–Crippen LogP) is 1.48. The molecule has 2 heterocycles. The molecular weight excluding hydrogens is 249 g/mol. The largest absolute Gasteiger partial charge is 0.351 e. The van der Waals surface area contributed by atoms with Crippen molar-refractivity contribution in [3.05, 3.63) is 30.2 Å². The lowest BCUT2D eigenvalue weighted by molar-refractivity contribution is 0.249. The Bertz CT molecular complexity index is 613. The Morgan fingerprint density at radius 3 is 2.89 bits per heavy atom. The van der Waals surface area contributed by atoms with Gasteiger partial charge in [-0.1, -0.05) is 12.8 Å². The van der Waals surface area contributed by atoms with Crippen LogP contribution in [0.5, 0.6) is 0 Å². The molecule has 0 spiro atoms. The SMILES string of the molecule is NC(=O)n1cc(-n2ccc(F)n2)nc1CCC1CC1.